The van der Waals surface area contributed by atoms with Gasteiger partial charge in [0.1, 0.15) is 0 Å². The van der Waals surface area contributed by atoms with Gasteiger partial charge in [0.15, 0.2) is 0 Å². The highest BCUT2D eigenvalue weighted by Gasteiger charge is 2.52. The molecule has 0 saturated carbocycles. The van der Waals surface area contributed by atoms with Crippen molar-refractivity contribution in [3.05, 3.63) is 34.3 Å². The van der Waals surface area contributed by atoms with Crippen LogP contribution in [0, 0.1) is 5.95 Å². The molecular formula is C14H18BClFNO3. The molecule has 0 unspecified atom stereocenters. The first-order valence-corrected chi connectivity index (χ1v) is 7.02. The highest BCUT2D eigenvalue weighted by Crippen LogP contribution is 2.38. The molecule has 1 aromatic rings. The van der Waals surface area contributed by atoms with E-state index in [1.54, 1.807) is 0 Å². The van der Waals surface area contributed by atoms with Crippen LogP contribution in [0.15, 0.2) is 17.7 Å². The normalized spacial score (nSPS) is 20.9. The van der Waals surface area contributed by atoms with Gasteiger partial charge in [-0.1, -0.05) is 17.7 Å². The summed E-state index contributed by atoms with van der Waals surface area (Å²) in [6.45, 7) is 7.31. The van der Waals surface area contributed by atoms with Crippen molar-refractivity contribution in [2.75, 3.05) is 6.61 Å². The molecule has 0 bridgehead atoms. The zero-order chi connectivity index (χ0) is 15.8. The maximum absolute atomic E-state index is 13.7. The van der Waals surface area contributed by atoms with Gasteiger partial charge in [-0.25, -0.2) is 4.98 Å². The van der Waals surface area contributed by atoms with E-state index in [4.69, 9.17) is 20.9 Å². The summed E-state index contributed by atoms with van der Waals surface area (Å²) in [7, 11) is -0.738. The second-order valence-electron chi connectivity index (χ2n) is 6.00. The largest absolute Gasteiger partial charge is 0.492 e. The Morgan fingerprint density at radius 1 is 1.38 bits per heavy atom. The predicted molar refractivity (Wildman–Crippen MR) is 80.3 cm³/mol. The third-order valence-electron chi connectivity index (χ3n) is 3.91. The summed E-state index contributed by atoms with van der Waals surface area (Å²) in [4.78, 5) is 3.54. The van der Waals surface area contributed by atoms with E-state index >= 15 is 0 Å². The van der Waals surface area contributed by atoms with Crippen LogP contribution in [-0.2, 0) is 9.31 Å². The number of halogens is 2. The molecule has 4 nitrogen and oxygen atoms in total. The average molecular weight is 314 g/mol. The van der Waals surface area contributed by atoms with Gasteiger partial charge in [0.2, 0.25) is 5.95 Å². The summed E-state index contributed by atoms with van der Waals surface area (Å²) < 4.78 is 25.3. The average Bonchev–Trinajstić information content (AvgIpc) is 2.59. The van der Waals surface area contributed by atoms with Crippen LogP contribution in [0.5, 0.6) is 0 Å². The quantitative estimate of drug-likeness (QED) is 0.688. The number of aromatic nitrogens is 1. The van der Waals surface area contributed by atoms with Crippen molar-refractivity contribution in [3.63, 3.8) is 0 Å². The fraction of sp³-hybridized carbons (Fsp3) is 0.500. The van der Waals surface area contributed by atoms with Crippen molar-refractivity contribution >= 4 is 24.8 Å². The van der Waals surface area contributed by atoms with E-state index in [2.05, 4.69) is 4.98 Å². The molecule has 7 heteroatoms. The monoisotopic (exact) mass is 313 g/mol. The summed E-state index contributed by atoms with van der Waals surface area (Å²) in [5.41, 5.74) is -0.466. The van der Waals surface area contributed by atoms with E-state index in [-0.39, 0.29) is 12.2 Å². The molecule has 1 saturated heterocycles. The Bertz CT molecular complexity index is 561. The van der Waals surface area contributed by atoms with Crippen molar-refractivity contribution in [2.45, 2.75) is 38.9 Å². The van der Waals surface area contributed by atoms with Gasteiger partial charge in [-0.2, -0.15) is 4.39 Å². The lowest BCUT2D eigenvalue weighted by atomic mass is 9.77. The minimum absolute atomic E-state index is 0.182. The lowest BCUT2D eigenvalue weighted by Gasteiger charge is -2.32. The van der Waals surface area contributed by atoms with Crippen LogP contribution in [0.4, 0.5) is 4.39 Å². The Labute approximate surface area is 129 Å². The van der Waals surface area contributed by atoms with Crippen LogP contribution in [0.3, 0.4) is 0 Å². The molecule has 1 aliphatic heterocycles. The zero-order valence-electron chi connectivity index (χ0n) is 12.5. The molecule has 2 heterocycles. The Hall–Kier alpha value is -0.945. The first kappa shape index (κ1) is 16.4. The molecule has 0 radical (unpaired) electrons. The number of hydrogen-bond donors (Lipinski definition) is 1. The second-order valence-corrected chi connectivity index (χ2v) is 6.44. The van der Waals surface area contributed by atoms with E-state index in [1.165, 1.54) is 18.3 Å². The van der Waals surface area contributed by atoms with Gasteiger partial charge in [-0.15, -0.1) is 0 Å². The molecule has 1 fully saturated rings. The van der Waals surface area contributed by atoms with E-state index < -0.39 is 24.3 Å². The standard InChI is InChI=1S/C14H18BClFNO3/c1-13(2)14(3,4)21-15(20-13)10(8-19)5-9-6-11(16)7-18-12(9)17/h5-7,19H,8H2,1-4H3. The zero-order valence-corrected chi connectivity index (χ0v) is 13.2. The Morgan fingerprint density at radius 2 is 1.95 bits per heavy atom. The molecule has 0 amide bonds. The molecule has 0 aliphatic carbocycles. The van der Waals surface area contributed by atoms with Gasteiger partial charge in [0.05, 0.1) is 22.8 Å². The van der Waals surface area contributed by atoms with Crippen molar-refractivity contribution in [3.8, 4) is 0 Å². The van der Waals surface area contributed by atoms with Crippen LogP contribution in [-0.4, -0.2) is 35.0 Å². The summed E-state index contributed by atoms with van der Waals surface area (Å²) in [5, 5.41) is 9.86. The van der Waals surface area contributed by atoms with Gasteiger partial charge < -0.3 is 14.4 Å². The minimum atomic E-state index is -0.738. The number of nitrogens with zero attached hydrogens (tertiary/aromatic N) is 1. The van der Waals surface area contributed by atoms with Gasteiger partial charge in [0, 0.05) is 11.8 Å². The second kappa shape index (κ2) is 5.68. The molecule has 2 rings (SSSR count). The lowest BCUT2D eigenvalue weighted by Crippen LogP contribution is -2.41. The molecule has 1 N–H and O–H groups in total. The van der Waals surface area contributed by atoms with Gasteiger partial charge >= 0.3 is 7.12 Å². The molecule has 21 heavy (non-hydrogen) atoms. The number of rotatable bonds is 3. The first-order chi connectivity index (χ1) is 9.66. The number of aliphatic hydroxyl groups is 1. The van der Waals surface area contributed by atoms with Crippen molar-refractivity contribution in [1.82, 2.24) is 4.98 Å². The lowest BCUT2D eigenvalue weighted by molar-refractivity contribution is 0.00578. The van der Waals surface area contributed by atoms with Gasteiger partial charge in [-0.3, -0.25) is 0 Å². The summed E-state index contributed by atoms with van der Waals surface area (Å²) in [6, 6.07) is 1.44. The smallest absolute Gasteiger partial charge is 0.400 e. The van der Waals surface area contributed by atoms with Crippen LogP contribution >= 0.6 is 11.6 Å². The highest BCUT2D eigenvalue weighted by atomic mass is 35.5. The topological polar surface area (TPSA) is 51.6 Å². The third-order valence-corrected chi connectivity index (χ3v) is 4.12. The molecule has 0 atom stereocenters. The SMILES string of the molecule is CC1(C)OB(C(=Cc2cc(Cl)cnc2F)CO)OC1(C)C. The predicted octanol–water partition coefficient (Wildman–Crippen LogP) is 2.88. The maximum Gasteiger partial charge on any atom is 0.492 e. The Balaban J connectivity index is 2.33. The summed E-state index contributed by atoms with van der Waals surface area (Å²) in [5.74, 6) is -0.665. The Kier molecular flexibility index (Phi) is 4.45. The van der Waals surface area contributed by atoms with E-state index in [1.807, 2.05) is 27.7 Å². The van der Waals surface area contributed by atoms with Crippen LogP contribution in [0.25, 0.3) is 6.08 Å². The van der Waals surface area contributed by atoms with Crippen LogP contribution in [0.1, 0.15) is 33.3 Å². The van der Waals surface area contributed by atoms with Crippen molar-refractivity contribution in [1.29, 1.82) is 0 Å². The molecule has 0 aromatic carbocycles. The Morgan fingerprint density at radius 3 is 2.48 bits per heavy atom. The molecular weight excluding hydrogens is 295 g/mol. The maximum atomic E-state index is 13.7. The molecule has 0 spiro atoms. The third kappa shape index (κ3) is 3.29. The van der Waals surface area contributed by atoms with Gasteiger partial charge in [0.25, 0.3) is 0 Å². The summed E-state index contributed by atoms with van der Waals surface area (Å²) in [6.07, 6.45) is 2.68. The van der Waals surface area contributed by atoms with Crippen molar-refractivity contribution < 1.29 is 18.8 Å². The van der Waals surface area contributed by atoms with E-state index in [0.717, 1.165) is 0 Å². The van der Waals surface area contributed by atoms with Crippen LogP contribution < -0.4 is 0 Å². The summed E-state index contributed by atoms with van der Waals surface area (Å²) >= 11 is 5.81. The van der Waals surface area contributed by atoms with Gasteiger partial charge in [-0.05, 0) is 39.2 Å². The van der Waals surface area contributed by atoms with Crippen molar-refractivity contribution in [2.24, 2.45) is 0 Å². The number of hydrogen-bond acceptors (Lipinski definition) is 4. The molecule has 114 valence electrons. The minimum Gasteiger partial charge on any atom is -0.400 e. The number of aliphatic hydroxyl groups excluding tert-OH is 1. The van der Waals surface area contributed by atoms with E-state index in [0.29, 0.717) is 10.5 Å². The fourth-order valence-electron chi connectivity index (χ4n) is 1.92. The molecule has 1 aromatic heterocycles. The first-order valence-electron chi connectivity index (χ1n) is 6.64. The highest BCUT2D eigenvalue weighted by molar-refractivity contribution is 6.55. The fourth-order valence-corrected chi connectivity index (χ4v) is 2.09. The molecule has 1 aliphatic rings. The van der Waals surface area contributed by atoms with E-state index in [9.17, 15) is 9.50 Å². The number of pyridine rings is 1. The van der Waals surface area contributed by atoms with Crippen LogP contribution in [0.2, 0.25) is 5.02 Å².